The van der Waals surface area contributed by atoms with Crippen LogP contribution >= 0.6 is 0 Å². The van der Waals surface area contributed by atoms with Gasteiger partial charge in [-0.2, -0.15) is 4.98 Å². The lowest BCUT2D eigenvalue weighted by atomic mass is 10.2. The van der Waals surface area contributed by atoms with Crippen LogP contribution in [-0.4, -0.2) is 42.8 Å². The van der Waals surface area contributed by atoms with Crippen LogP contribution in [0, 0.1) is 13.8 Å². The summed E-state index contributed by atoms with van der Waals surface area (Å²) in [6, 6.07) is 0. The van der Waals surface area contributed by atoms with Crippen LogP contribution in [0.1, 0.15) is 35.3 Å². The minimum Gasteiger partial charge on any atom is -0.462 e. The molecule has 0 saturated carbocycles. The molecule has 2 heterocycles. The SMILES string of the molecule is CCOC(=O)c1c(C)oc2nc(C)nc(NCCCOC)c12. The van der Waals surface area contributed by atoms with E-state index in [0.717, 1.165) is 6.42 Å². The summed E-state index contributed by atoms with van der Waals surface area (Å²) < 4.78 is 15.7. The molecule has 7 nitrogen and oxygen atoms in total. The van der Waals surface area contributed by atoms with Gasteiger partial charge in [-0.3, -0.25) is 0 Å². The quantitative estimate of drug-likeness (QED) is 0.621. The van der Waals surface area contributed by atoms with Crippen molar-refractivity contribution in [2.24, 2.45) is 0 Å². The fourth-order valence-electron chi connectivity index (χ4n) is 2.22. The minimum atomic E-state index is -0.425. The zero-order chi connectivity index (χ0) is 16.1. The Hall–Kier alpha value is -2.15. The van der Waals surface area contributed by atoms with Crippen LogP contribution in [0.2, 0.25) is 0 Å². The number of anilines is 1. The van der Waals surface area contributed by atoms with Gasteiger partial charge in [-0.25, -0.2) is 9.78 Å². The summed E-state index contributed by atoms with van der Waals surface area (Å²) in [7, 11) is 1.66. The van der Waals surface area contributed by atoms with E-state index >= 15 is 0 Å². The molecule has 120 valence electrons. The second kappa shape index (κ2) is 7.22. The highest BCUT2D eigenvalue weighted by Crippen LogP contribution is 2.30. The molecule has 2 aromatic heterocycles. The van der Waals surface area contributed by atoms with Crippen LogP contribution in [0.15, 0.2) is 4.42 Å². The Labute approximate surface area is 129 Å². The number of aromatic nitrogens is 2. The van der Waals surface area contributed by atoms with E-state index in [1.165, 1.54) is 0 Å². The minimum absolute atomic E-state index is 0.300. The van der Waals surface area contributed by atoms with Gasteiger partial charge in [-0.15, -0.1) is 0 Å². The van der Waals surface area contributed by atoms with Gasteiger partial charge in [-0.05, 0) is 27.2 Å². The molecule has 0 aromatic carbocycles. The molecule has 0 aliphatic heterocycles. The lowest BCUT2D eigenvalue weighted by Gasteiger charge is -2.08. The van der Waals surface area contributed by atoms with Gasteiger partial charge >= 0.3 is 5.97 Å². The standard InChI is InChI=1S/C15H21N3O4/c1-5-21-15(19)11-9(2)22-14-12(11)13(17-10(3)18-14)16-7-6-8-20-4/h5-8H2,1-4H3,(H,16,17,18). The predicted molar refractivity (Wildman–Crippen MR) is 82.2 cm³/mol. The predicted octanol–water partition coefficient (Wildman–Crippen LogP) is 2.46. The van der Waals surface area contributed by atoms with Crippen LogP contribution in [0.4, 0.5) is 5.82 Å². The second-order valence-corrected chi connectivity index (χ2v) is 4.83. The van der Waals surface area contributed by atoms with Crippen molar-refractivity contribution in [3.05, 3.63) is 17.1 Å². The number of hydrogen-bond donors (Lipinski definition) is 1. The van der Waals surface area contributed by atoms with Crippen LogP contribution in [0.3, 0.4) is 0 Å². The summed E-state index contributed by atoms with van der Waals surface area (Å²) in [5, 5.41) is 3.78. The number of fused-ring (bicyclic) bond motifs is 1. The number of ether oxygens (including phenoxy) is 2. The number of nitrogens with zero attached hydrogens (tertiary/aromatic N) is 2. The van der Waals surface area contributed by atoms with Gasteiger partial charge < -0.3 is 19.2 Å². The number of esters is 1. The van der Waals surface area contributed by atoms with Crippen molar-refractivity contribution >= 4 is 22.9 Å². The average molecular weight is 307 g/mol. The summed E-state index contributed by atoms with van der Waals surface area (Å²) in [5.41, 5.74) is 0.772. The molecule has 0 saturated heterocycles. The van der Waals surface area contributed by atoms with Crippen LogP contribution < -0.4 is 5.32 Å². The molecular formula is C15H21N3O4. The highest BCUT2D eigenvalue weighted by atomic mass is 16.5. The van der Waals surface area contributed by atoms with E-state index in [-0.39, 0.29) is 0 Å². The van der Waals surface area contributed by atoms with Crippen molar-refractivity contribution in [1.29, 1.82) is 0 Å². The molecule has 0 unspecified atom stereocenters. The molecule has 0 radical (unpaired) electrons. The van der Waals surface area contributed by atoms with Crippen molar-refractivity contribution in [3.63, 3.8) is 0 Å². The number of nitrogens with one attached hydrogen (secondary N) is 1. The molecule has 22 heavy (non-hydrogen) atoms. The van der Waals surface area contributed by atoms with E-state index in [1.54, 1.807) is 27.9 Å². The first kappa shape index (κ1) is 16.2. The molecule has 0 spiro atoms. The van der Waals surface area contributed by atoms with Crippen molar-refractivity contribution in [2.45, 2.75) is 27.2 Å². The van der Waals surface area contributed by atoms with Gasteiger partial charge in [0.05, 0.1) is 12.0 Å². The number of methoxy groups -OCH3 is 1. The van der Waals surface area contributed by atoms with E-state index < -0.39 is 5.97 Å². The van der Waals surface area contributed by atoms with Gasteiger partial charge in [0.1, 0.15) is 23.0 Å². The molecule has 2 aromatic rings. The Balaban J connectivity index is 2.42. The fraction of sp³-hybridized carbons (Fsp3) is 0.533. The van der Waals surface area contributed by atoms with Gasteiger partial charge in [-0.1, -0.05) is 0 Å². The third kappa shape index (κ3) is 3.36. The first-order valence-corrected chi connectivity index (χ1v) is 7.26. The van der Waals surface area contributed by atoms with E-state index in [1.807, 2.05) is 0 Å². The maximum atomic E-state index is 12.2. The third-order valence-electron chi connectivity index (χ3n) is 3.14. The first-order valence-electron chi connectivity index (χ1n) is 7.26. The molecule has 0 fully saturated rings. The molecule has 0 bridgehead atoms. The van der Waals surface area contributed by atoms with Crippen LogP contribution in [0.25, 0.3) is 11.1 Å². The summed E-state index contributed by atoms with van der Waals surface area (Å²) in [4.78, 5) is 20.8. The zero-order valence-electron chi connectivity index (χ0n) is 13.4. The highest BCUT2D eigenvalue weighted by molar-refractivity contribution is 6.07. The first-order chi connectivity index (χ1) is 10.6. The number of furan rings is 1. The smallest absolute Gasteiger partial charge is 0.342 e. The zero-order valence-corrected chi connectivity index (χ0v) is 13.4. The number of rotatable bonds is 7. The number of hydrogen-bond acceptors (Lipinski definition) is 7. The van der Waals surface area contributed by atoms with Crippen LogP contribution in [-0.2, 0) is 9.47 Å². The summed E-state index contributed by atoms with van der Waals surface area (Å²) >= 11 is 0. The van der Waals surface area contributed by atoms with Crippen LogP contribution in [0.5, 0.6) is 0 Å². The average Bonchev–Trinajstić information content (AvgIpc) is 2.79. The van der Waals surface area contributed by atoms with Gasteiger partial charge in [0.25, 0.3) is 0 Å². The molecule has 1 N–H and O–H groups in total. The number of carbonyl (C=O) groups excluding carboxylic acids is 1. The number of aryl methyl sites for hydroxylation is 2. The monoisotopic (exact) mass is 307 g/mol. The molecule has 0 amide bonds. The van der Waals surface area contributed by atoms with Crippen molar-refractivity contribution in [3.8, 4) is 0 Å². The number of carbonyl (C=O) groups is 1. The lowest BCUT2D eigenvalue weighted by Crippen LogP contribution is -2.10. The maximum Gasteiger partial charge on any atom is 0.342 e. The molecule has 0 atom stereocenters. The van der Waals surface area contributed by atoms with E-state index in [9.17, 15) is 4.79 Å². The van der Waals surface area contributed by atoms with Gasteiger partial charge in [0, 0.05) is 20.3 Å². The summed E-state index contributed by atoms with van der Waals surface area (Å²) in [6.07, 6.45) is 0.826. The Kier molecular flexibility index (Phi) is 5.32. The molecular weight excluding hydrogens is 286 g/mol. The molecule has 0 aliphatic rings. The van der Waals surface area contributed by atoms with Crippen molar-refractivity contribution < 1.29 is 18.7 Å². The lowest BCUT2D eigenvalue weighted by molar-refractivity contribution is 0.0526. The Bertz CT molecular complexity index is 666. The molecule has 2 rings (SSSR count). The van der Waals surface area contributed by atoms with Gasteiger partial charge in [0.15, 0.2) is 0 Å². The maximum absolute atomic E-state index is 12.2. The topological polar surface area (TPSA) is 86.5 Å². The summed E-state index contributed by atoms with van der Waals surface area (Å²) in [5.74, 6) is 1.21. The normalized spacial score (nSPS) is 10.9. The van der Waals surface area contributed by atoms with E-state index in [0.29, 0.717) is 53.8 Å². The summed E-state index contributed by atoms with van der Waals surface area (Å²) in [6.45, 7) is 6.88. The van der Waals surface area contributed by atoms with Crippen molar-refractivity contribution in [2.75, 3.05) is 32.2 Å². The third-order valence-corrected chi connectivity index (χ3v) is 3.14. The Morgan fingerprint density at radius 3 is 2.77 bits per heavy atom. The largest absolute Gasteiger partial charge is 0.462 e. The Morgan fingerprint density at radius 1 is 1.32 bits per heavy atom. The Morgan fingerprint density at radius 2 is 2.09 bits per heavy atom. The van der Waals surface area contributed by atoms with E-state index in [4.69, 9.17) is 13.9 Å². The van der Waals surface area contributed by atoms with Gasteiger partial charge in [0.2, 0.25) is 5.71 Å². The van der Waals surface area contributed by atoms with E-state index in [2.05, 4.69) is 15.3 Å². The fourth-order valence-corrected chi connectivity index (χ4v) is 2.22. The second-order valence-electron chi connectivity index (χ2n) is 4.83. The van der Waals surface area contributed by atoms with Crippen molar-refractivity contribution in [1.82, 2.24) is 9.97 Å². The highest BCUT2D eigenvalue weighted by Gasteiger charge is 2.24. The molecule has 0 aliphatic carbocycles. The molecule has 7 heteroatoms.